The summed E-state index contributed by atoms with van der Waals surface area (Å²) in [4.78, 5) is 0. The van der Waals surface area contributed by atoms with Crippen molar-refractivity contribution in [3.8, 4) is 0 Å². The lowest BCUT2D eigenvalue weighted by atomic mass is 10.0. The first-order chi connectivity index (χ1) is 7.79. The first-order valence-corrected chi connectivity index (χ1v) is 6.64. The van der Waals surface area contributed by atoms with Crippen LogP contribution in [-0.4, -0.2) is 19.8 Å². The minimum absolute atomic E-state index is 0.399. The molecule has 1 unspecified atom stereocenters. The van der Waals surface area contributed by atoms with Crippen LogP contribution in [0.1, 0.15) is 31.9 Å². The molecule has 1 rings (SSSR count). The highest BCUT2D eigenvalue weighted by molar-refractivity contribution is 9.10. The summed E-state index contributed by atoms with van der Waals surface area (Å²) >= 11 is 3.59. The number of hydrogen-bond donors (Lipinski definition) is 1. The van der Waals surface area contributed by atoms with Gasteiger partial charge in [0.2, 0.25) is 0 Å². The van der Waals surface area contributed by atoms with Crippen LogP contribution in [0.15, 0.2) is 28.7 Å². The van der Waals surface area contributed by atoms with E-state index in [0.29, 0.717) is 6.04 Å². The van der Waals surface area contributed by atoms with E-state index in [1.807, 2.05) is 13.0 Å². The average Bonchev–Trinajstić information content (AvgIpc) is 2.31. The molecule has 0 fully saturated rings. The van der Waals surface area contributed by atoms with Crippen molar-refractivity contribution in [2.45, 2.75) is 26.3 Å². The van der Waals surface area contributed by atoms with Crippen LogP contribution < -0.4 is 5.32 Å². The van der Waals surface area contributed by atoms with Crippen molar-refractivity contribution in [2.24, 2.45) is 0 Å². The zero-order valence-electron chi connectivity index (χ0n) is 10.0. The molecule has 0 radical (unpaired) electrons. The Morgan fingerprint density at radius 3 is 2.69 bits per heavy atom. The van der Waals surface area contributed by atoms with Gasteiger partial charge >= 0.3 is 0 Å². The number of nitrogens with one attached hydrogen (secondary N) is 1. The van der Waals surface area contributed by atoms with Crippen molar-refractivity contribution < 1.29 is 4.74 Å². The van der Waals surface area contributed by atoms with E-state index in [1.54, 1.807) is 0 Å². The van der Waals surface area contributed by atoms with Crippen molar-refractivity contribution in [2.75, 3.05) is 19.8 Å². The minimum Gasteiger partial charge on any atom is -0.380 e. The van der Waals surface area contributed by atoms with E-state index < -0.39 is 0 Å². The normalized spacial score (nSPS) is 12.7. The fourth-order valence-electron chi connectivity index (χ4n) is 1.68. The minimum atomic E-state index is 0.399. The Bertz CT molecular complexity index is 304. The fourth-order valence-corrected chi connectivity index (χ4v) is 2.24. The summed E-state index contributed by atoms with van der Waals surface area (Å²) in [5, 5.41) is 3.51. The van der Waals surface area contributed by atoms with Gasteiger partial charge in [0.1, 0.15) is 0 Å². The molecule has 1 N–H and O–H groups in total. The summed E-state index contributed by atoms with van der Waals surface area (Å²) in [7, 11) is 0. The molecule has 1 aromatic rings. The van der Waals surface area contributed by atoms with Crippen LogP contribution in [-0.2, 0) is 4.74 Å². The number of ether oxygens (including phenoxy) is 1. The van der Waals surface area contributed by atoms with Crippen molar-refractivity contribution in [3.05, 3.63) is 34.3 Å². The third-order valence-electron chi connectivity index (χ3n) is 2.53. The highest BCUT2D eigenvalue weighted by atomic mass is 79.9. The second-order valence-electron chi connectivity index (χ2n) is 3.63. The number of halogens is 1. The van der Waals surface area contributed by atoms with E-state index in [9.17, 15) is 0 Å². The van der Waals surface area contributed by atoms with E-state index >= 15 is 0 Å². The summed E-state index contributed by atoms with van der Waals surface area (Å²) < 4.78 is 6.49. The molecule has 0 heterocycles. The van der Waals surface area contributed by atoms with Crippen LogP contribution >= 0.6 is 15.9 Å². The molecule has 90 valence electrons. The van der Waals surface area contributed by atoms with Gasteiger partial charge in [0, 0.05) is 23.7 Å². The monoisotopic (exact) mass is 285 g/mol. The number of rotatable bonds is 7. The van der Waals surface area contributed by atoms with E-state index in [0.717, 1.165) is 26.2 Å². The highest BCUT2D eigenvalue weighted by Crippen LogP contribution is 2.24. The van der Waals surface area contributed by atoms with Crippen molar-refractivity contribution in [1.29, 1.82) is 0 Å². The second-order valence-corrected chi connectivity index (χ2v) is 4.49. The Kier molecular flexibility index (Phi) is 6.69. The molecule has 0 saturated heterocycles. The van der Waals surface area contributed by atoms with Crippen molar-refractivity contribution >= 4 is 15.9 Å². The van der Waals surface area contributed by atoms with Gasteiger partial charge in [0.25, 0.3) is 0 Å². The second kappa shape index (κ2) is 7.82. The Labute approximate surface area is 107 Å². The predicted molar refractivity (Wildman–Crippen MR) is 71.7 cm³/mol. The fraction of sp³-hybridized carbons (Fsp3) is 0.538. The third-order valence-corrected chi connectivity index (χ3v) is 3.25. The van der Waals surface area contributed by atoms with Gasteiger partial charge in [-0.3, -0.25) is 0 Å². The number of hydrogen-bond acceptors (Lipinski definition) is 2. The van der Waals surface area contributed by atoms with Gasteiger partial charge in [-0.2, -0.15) is 0 Å². The average molecular weight is 286 g/mol. The van der Waals surface area contributed by atoms with Gasteiger partial charge in [-0.25, -0.2) is 0 Å². The Morgan fingerprint density at radius 2 is 2.06 bits per heavy atom. The van der Waals surface area contributed by atoms with E-state index in [1.165, 1.54) is 10.0 Å². The van der Waals surface area contributed by atoms with Crippen LogP contribution in [0.4, 0.5) is 0 Å². The first-order valence-electron chi connectivity index (χ1n) is 5.85. The van der Waals surface area contributed by atoms with Crippen LogP contribution in [0.5, 0.6) is 0 Å². The topological polar surface area (TPSA) is 21.3 Å². The lowest BCUT2D eigenvalue weighted by Crippen LogP contribution is -2.25. The first kappa shape index (κ1) is 13.7. The Hall–Kier alpha value is -0.380. The zero-order valence-corrected chi connectivity index (χ0v) is 11.6. The predicted octanol–water partition coefficient (Wildman–Crippen LogP) is 3.53. The standard InChI is InChI=1S/C13H20BrNO/c1-3-13(15-9-10-16-4-2)11-7-5-6-8-12(11)14/h5-8,13,15H,3-4,9-10H2,1-2H3. The van der Waals surface area contributed by atoms with E-state index in [4.69, 9.17) is 4.74 Å². The van der Waals surface area contributed by atoms with Gasteiger partial charge in [-0.1, -0.05) is 41.1 Å². The number of benzene rings is 1. The van der Waals surface area contributed by atoms with Crippen LogP contribution in [0.2, 0.25) is 0 Å². The SMILES string of the molecule is CCOCCNC(CC)c1ccccc1Br. The quantitative estimate of drug-likeness (QED) is 0.774. The molecule has 1 aromatic carbocycles. The molecule has 0 spiro atoms. The summed E-state index contributed by atoms with van der Waals surface area (Å²) in [6.07, 6.45) is 1.08. The maximum Gasteiger partial charge on any atom is 0.0590 e. The smallest absolute Gasteiger partial charge is 0.0590 e. The lowest BCUT2D eigenvalue weighted by molar-refractivity contribution is 0.146. The van der Waals surface area contributed by atoms with Gasteiger partial charge in [-0.05, 0) is 25.0 Å². The molecule has 0 aliphatic carbocycles. The Balaban J connectivity index is 2.51. The van der Waals surface area contributed by atoms with E-state index in [2.05, 4.69) is 46.4 Å². The van der Waals surface area contributed by atoms with Gasteiger partial charge < -0.3 is 10.1 Å². The summed E-state index contributed by atoms with van der Waals surface area (Å²) in [5.41, 5.74) is 1.32. The summed E-state index contributed by atoms with van der Waals surface area (Å²) in [6.45, 7) is 6.67. The molecule has 0 aliphatic rings. The van der Waals surface area contributed by atoms with Gasteiger partial charge in [-0.15, -0.1) is 0 Å². The molecule has 2 nitrogen and oxygen atoms in total. The molecule has 0 aliphatic heterocycles. The zero-order chi connectivity index (χ0) is 11.8. The molecule has 16 heavy (non-hydrogen) atoms. The molecule has 0 saturated carbocycles. The van der Waals surface area contributed by atoms with Crippen molar-refractivity contribution in [1.82, 2.24) is 5.32 Å². The van der Waals surface area contributed by atoms with Crippen LogP contribution in [0, 0.1) is 0 Å². The molecule has 1 atom stereocenters. The van der Waals surface area contributed by atoms with Crippen molar-refractivity contribution in [3.63, 3.8) is 0 Å². The van der Waals surface area contributed by atoms with Crippen LogP contribution in [0.3, 0.4) is 0 Å². The molecule has 3 heteroatoms. The molecular formula is C13H20BrNO. The third kappa shape index (κ3) is 4.24. The molecule has 0 bridgehead atoms. The lowest BCUT2D eigenvalue weighted by Gasteiger charge is -2.18. The maximum atomic E-state index is 5.32. The van der Waals surface area contributed by atoms with Crippen LogP contribution in [0.25, 0.3) is 0 Å². The molecular weight excluding hydrogens is 266 g/mol. The summed E-state index contributed by atoms with van der Waals surface area (Å²) in [6, 6.07) is 8.76. The Morgan fingerprint density at radius 1 is 1.31 bits per heavy atom. The van der Waals surface area contributed by atoms with Gasteiger partial charge in [0.15, 0.2) is 0 Å². The van der Waals surface area contributed by atoms with E-state index in [-0.39, 0.29) is 0 Å². The largest absolute Gasteiger partial charge is 0.380 e. The summed E-state index contributed by atoms with van der Waals surface area (Å²) in [5.74, 6) is 0. The molecule has 0 amide bonds. The van der Waals surface area contributed by atoms with Gasteiger partial charge in [0.05, 0.1) is 6.61 Å². The highest BCUT2D eigenvalue weighted by Gasteiger charge is 2.10. The molecule has 0 aromatic heterocycles. The maximum absolute atomic E-state index is 5.32.